The van der Waals surface area contributed by atoms with E-state index < -0.39 is 0 Å². The highest BCUT2D eigenvalue weighted by molar-refractivity contribution is 7.99. The van der Waals surface area contributed by atoms with E-state index in [9.17, 15) is 4.79 Å². The summed E-state index contributed by atoms with van der Waals surface area (Å²) in [5.41, 5.74) is 3.44. The summed E-state index contributed by atoms with van der Waals surface area (Å²) < 4.78 is 1.84. The lowest BCUT2D eigenvalue weighted by molar-refractivity contribution is -0.113. The molecule has 6 nitrogen and oxygen atoms in total. The van der Waals surface area contributed by atoms with Crippen molar-refractivity contribution >= 4 is 46.6 Å². The van der Waals surface area contributed by atoms with Gasteiger partial charge in [-0.3, -0.25) is 14.3 Å². The van der Waals surface area contributed by atoms with Crippen LogP contribution in [0, 0.1) is 0 Å². The molecule has 9 heteroatoms. The number of para-hydroxylation sites is 1. The van der Waals surface area contributed by atoms with Crippen molar-refractivity contribution in [3.63, 3.8) is 0 Å². The van der Waals surface area contributed by atoms with Crippen LogP contribution < -0.4 is 5.32 Å². The molecule has 0 fully saturated rings. The Morgan fingerprint density at radius 2 is 1.91 bits per heavy atom. The number of pyridine rings is 1. The smallest absolute Gasteiger partial charge is 0.234 e. The fourth-order valence-electron chi connectivity index (χ4n) is 3.17. The van der Waals surface area contributed by atoms with E-state index >= 15 is 0 Å². The molecule has 0 saturated heterocycles. The Kier molecular flexibility index (Phi) is 7.09. The zero-order valence-corrected chi connectivity index (χ0v) is 19.5. The Morgan fingerprint density at radius 1 is 1.06 bits per heavy atom. The third-order valence-corrected chi connectivity index (χ3v) is 6.39. The number of aryl methyl sites for hydroxylation is 1. The average Bonchev–Trinajstić information content (AvgIpc) is 3.24. The predicted octanol–water partition coefficient (Wildman–Crippen LogP) is 5.93. The molecule has 1 amide bonds. The van der Waals surface area contributed by atoms with Crippen LogP contribution in [-0.2, 0) is 11.2 Å². The molecule has 0 radical (unpaired) electrons. The summed E-state index contributed by atoms with van der Waals surface area (Å²) in [7, 11) is 0. The summed E-state index contributed by atoms with van der Waals surface area (Å²) in [5.74, 6) is 0.642. The number of nitrogens with one attached hydrogen (secondary N) is 1. The van der Waals surface area contributed by atoms with Crippen LogP contribution in [0.2, 0.25) is 10.0 Å². The van der Waals surface area contributed by atoms with Crippen molar-refractivity contribution in [2.75, 3.05) is 11.1 Å². The first-order chi connectivity index (χ1) is 15.6. The minimum Gasteiger partial charge on any atom is -0.325 e. The summed E-state index contributed by atoms with van der Waals surface area (Å²) in [5, 5.41) is 13.1. The van der Waals surface area contributed by atoms with Crippen molar-refractivity contribution in [1.29, 1.82) is 0 Å². The highest BCUT2D eigenvalue weighted by atomic mass is 35.5. The van der Waals surface area contributed by atoms with Gasteiger partial charge in [0.05, 0.1) is 21.5 Å². The van der Waals surface area contributed by atoms with Gasteiger partial charge in [0.15, 0.2) is 11.0 Å². The number of nitrogens with zero attached hydrogens (tertiary/aromatic N) is 4. The molecule has 2 heterocycles. The lowest BCUT2D eigenvalue weighted by Crippen LogP contribution is -2.15. The van der Waals surface area contributed by atoms with Crippen LogP contribution in [0.1, 0.15) is 12.5 Å². The van der Waals surface area contributed by atoms with Gasteiger partial charge in [0.25, 0.3) is 0 Å². The van der Waals surface area contributed by atoms with Crippen molar-refractivity contribution in [3.05, 3.63) is 82.6 Å². The number of carbonyl (C=O) groups is 1. The van der Waals surface area contributed by atoms with Gasteiger partial charge in [-0.2, -0.15) is 0 Å². The maximum atomic E-state index is 12.6. The zero-order chi connectivity index (χ0) is 22.5. The molecule has 4 aromatic rings. The number of benzene rings is 2. The van der Waals surface area contributed by atoms with Crippen molar-refractivity contribution < 1.29 is 4.79 Å². The van der Waals surface area contributed by atoms with Gasteiger partial charge >= 0.3 is 0 Å². The number of halogens is 2. The largest absolute Gasteiger partial charge is 0.325 e. The first-order valence-electron chi connectivity index (χ1n) is 9.88. The molecule has 0 aliphatic carbocycles. The molecule has 162 valence electrons. The molecule has 0 bridgehead atoms. The van der Waals surface area contributed by atoms with E-state index in [2.05, 4.69) is 27.4 Å². The molecular weight excluding hydrogens is 465 g/mol. The number of aromatic nitrogens is 4. The standard InChI is InChI=1S/C23H19Cl2N5OS/c1-2-15-6-3-4-8-20(15)27-21(31)14-32-23-29-28-22(16-7-5-11-26-13-16)30(23)17-9-10-18(24)19(25)12-17/h3-13H,2,14H2,1H3,(H,27,31). The highest BCUT2D eigenvalue weighted by Gasteiger charge is 2.18. The molecule has 0 aliphatic rings. The number of hydrogen-bond acceptors (Lipinski definition) is 5. The Hall–Kier alpha value is -2.87. The molecule has 2 aromatic heterocycles. The first kappa shape index (κ1) is 22.3. The topological polar surface area (TPSA) is 72.7 Å². The van der Waals surface area contributed by atoms with Gasteiger partial charge in [-0.05, 0) is 48.4 Å². The summed E-state index contributed by atoms with van der Waals surface area (Å²) in [4.78, 5) is 16.8. The summed E-state index contributed by atoms with van der Waals surface area (Å²) in [6.07, 6.45) is 4.24. The minimum absolute atomic E-state index is 0.123. The van der Waals surface area contributed by atoms with Crippen LogP contribution in [0.4, 0.5) is 5.69 Å². The average molecular weight is 484 g/mol. The number of amides is 1. The fourth-order valence-corrected chi connectivity index (χ4v) is 4.21. The van der Waals surface area contributed by atoms with Crippen LogP contribution in [0.5, 0.6) is 0 Å². The minimum atomic E-state index is -0.123. The van der Waals surface area contributed by atoms with Crippen molar-refractivity contribution in [3.8, 4) is 17.1 Å². The van der Waals surface area contributed by atoms with E-state index in [-0.39, 0.29) is 11.7 Å². The van der Waals surface area contributed by atoms with Crippen LogP contribution >= 0.6 is 35.0 Å². The Bertz CT molecular complexity index is 1250. The van der Waals surface area contributed by atoms with Crippen molar-refractivity contribution in [1.82, 2.24) is 19.7 Å². The molecule has 1 N–H and O–H groups in total. The van der Waals surface area contributed by atoms with E-state index in [1.165, 1.54) is 11.8 Å². The molecule has 0 atom stereocenters. The van der Waals surface area contributed by atoms with E-state index in [0.29, 0.717) is 21.0 Å². The van der Waals surface area contributed by atoms with E-state index in [0.717, 1.165) is 28.9 Å². The lowest BCUT2D eigenvalue weighted by atomic mass is 10.1. The van der Waals surface area contributed by atoms with E-state index in [1.807, 2.05) is 47.0 Å². The second-order valence-electron chi connectivity index (χ2n) is 6.83. The number of hydrogen-bond donors (Lipinski definition) is 1. The van der Waals surface area contributed by atoms with Crippen molar-refractivity contribution in [2.45, 2.75) is 18.5 Å². The monoisotopic (exact) mass is 483 g/mol. The fraction of sp³-hybridized carbons (Fsp3) is 0.130. The molecular formula is C23H19Cl2N5OS. The van der Waals surface area contributed by atoms with Gasteiger partial charge in [0, 0.05) is 23.6 Å². The van der Waals surface area contributed by atoms with E-state index in [1.54, 1.807) is 24.5 Å². The second-order valence-corrected chi connectivity index (χ2v) is 8.59. The van der Waals surface area contributed by atoms with Crippen molar-refractivity contribution in [2.24, 2.45) is 0 Å². The number of anilines is 1. The maximum absolute atomic E-state index is 12.6. The Balaban J connectivity index is 1.62. The third kappa shape index (κ3) is 4.96. The summed E-state index contributed by atoms with van der Waals surface area (Å²) in [6, 6.07) is 16.8. The predicted molar refractivity (Wildman–Crippen MR) is 130 cm³/mol. The molecule has 2 aromatic carbocycles. The molecule has 0 saturated carbocycles. The van der Waals surface area contributed by atoms with Crippen LogP contribution in [0.3, 0.4) is 0 Å². The first-order valence-corrected chi connectivity index (χ1v) is 11.6. The van der Waals surface area contributed by atoms with Crippen LogP contribution in [0.15, 0.2) is 72.1 Å². The summed E-state index contributed by atoms with van der Waals surface area (Å²) in [6.45, 7) is 2.05. The molecule has 4 rings (SSSR count). The second kappa shape index (κ2) is 10.2. The zero-order valence-electron chi connectivity index (χ0n) is 17.1. The van der Waals surface area contributed by atoms with Gasteiger partial charge in [-0.25, -0.2) is 0 Å². The Morgan fingerprint density at radius 3 is 2.66 bits per heavy atom. The molecule has 0 unspecified atom stereocenters. The van der Waals surface area contributed by atoms with E-state index in [4.69, 9.17) is 23.2 Å². The number of rotatable bonds is 7. The quantitative estimate of drug-likeness (QED) is 0.329. The number of carbonyl (C=O) groups excluding carboxylic acids is 1. The normalized spacial score (nSPS) is 10.8. The van der Waals surface area contributed by atoms with Gasteiger partial charge in [0.1, 0.15) is 0 Å². The molecule has 32 heavy (non-hydrogen) atoms. The van der Waals surface area contributed by atoms with Gasteiger partial charge < -0.3 is 5.32 Å². The number of thioether (sulfide) groups is 1. The Labute approximate surface area is 200 Å². The van der Waals surface area contributed by atoms with Gasteiger partial charge in [0.2, 0.25) is 5.91 Å². The third-order valence-electron chi connectivity index (χ3n) is 4.72. The van der Waals surface area contributed by atoms with Crippen LogP contribution in [-0.4, -0.2) is 31.4 Å². The summed E-state index contributed by atoms with van der Waals surface area (Å²) >= 11 is 13.6. The van der Waals surface area contributed by atoms with Gasteiger partial charge in [-0.1, -0.05) is 60.1 Å². The highest BCUT2D eigenvalue weighted by Crippen LogP contribution is 2.31. The molecule has 0 spiro atoms. The SMILES string of the molecule is CCc1ccccc1NC(=O)CSc1nnc(-c2cccnc2)n1-c1ccc(Cl)c(Cl)c1. The van der Waals surface area contributed by atoms with Gasteiger partial charge in [-0.15, -0.1) is 10.2 Å². The molecule has 0 aliphatic heterocycles. The van der Waals surface area contributed by atoms with Crippen LogP contribution in [0.25, 0.3) is 17.1 Å². The maximum Gasteiger partial charge on any atom is 0.234 e. The lowest BCUT2D eigenvalue weighted by Gasteiger charge is -2.12.